The number of nitrogens with one attached hydrogen (secondary N) is 1. The molecule has 0 radical (unpaired) electrons. The van der Waals surface area contributed by atoms with E-state index in [1.165, 1.54) is 0 Å². The number of anilines is 2. The van der Waals surface area contributed by atoms with Crippen LogP contribution in [0, 0.1) is 0 Å². The zero-order valence-electron chi connectivity index (χ0n) is 10.9. The Labute approximate surface area is 122 Å². The average Bonchev–Trinajstić information content (AvgIpc) is 2.46. The Balaban J connectivity index is 2.30. The van der Waals surface area contributed by atoms with Gasteiger partial charge in [0, 0.05) is 28.5 Å². The summed E-state index contributed by atoms with van der Waals surface area (Å²) in [7, 11) is 0. The first-order valence-corrected chi connectivity index (χ1v) is 6.66. The molecule has 0 saturated carbocycles. The van der Waals surface area contributed by atoms with Crippen molar-refractivity contribution in [2.24, 2.45) is 0 Å². The van der Waals surface area contributed by atoms with E-state index in [2.05, 4.69) is 5.32 Å². The second-order valence-corrected chi connectivity index (χ2v) is 4.97. The highest BCUT2D eigenvalue weighted by Crippen LogP contribution is 2.30. The SMILES string of the molecule is Nc1ccc(NCC(O)CO)c(-c2ccc(Cl)cc2)c1. The zero-order chi connectivity index (χ0) is 14.5. The summed E-state index contributed by atoms with van der Waals surface area (Å²) in [5.41, 5.74) is 9.23. The summed E-state index contributed by atoms with van der Waals surface area (Å²) in [6, 6.07) is 12.9. The van der Waals surface area contributed by atoms with Gasteiger partial charge in [0.25, 0.3) is 0 Å². The molecular formula is C15H17ClN2O2. The molecule has 1 atom stereocenters. The van der Waals surface area contributed by atoms with E-state index in [9.17, 15) is 5.11 Å². The molecular weight excluding hydrogens is 276 g/mol. The molecule has 0 heterocycles. The zero-order valence-corrected chi connectivity index (χ0v) is 11.6. The maximum Gasteiger partial charge on any atom is 0.0942 e. The van der Waals surface area contributed by atoms with Crippen LogP contribution in [0.3, 0.4) is 0 Å². The van der Waals surface area contributed by atoms with Crippen LogP contribution in [0.25, 0.3) is 11.1 Å². The molecule has 0 aromatic heterocycles. The number of nitrogens with two attached hydrogens (primary N) is 1. The largest absolute Gasteiger partial charge is 0.399 e. The molecule has 2 rings (SSSR count). The highest BCUT2D eigenvalue weighted by molar-refractivity contribution is 6.30. The first kappa shape index (κ1) is 14.7. The number of halogens is 1. The van der Waals surface area contributed by atoms with Gasteiger partial charge in [0.15, 0.2) is 0 Å². The lowest BCUT2D eigenvalue weighted by atomic mass is 10.0. The van der Waals surface area contributed by atoms with E-state index in [1.54, 1.807) is 6.07 Å². The Hall–Kier alpha value is -1.75. The molecule has 20 heavy (non-hydrogen) atoms. The number of aliphatic hydroxyl groups excluding tert-OH is 2. The molecule has 2 aromatic carbocycles. The monoisotopic (exact) mass is 292 g/mol. The number of hydrogen-bond donors (Lipinski definition) is 4. The van der Waals surface area contributed by atoms with Crippen molar-refractivity contribution in [2.45, 2.75) is 6.10 Å². The first-order chi connectivity index (χ1) is 9.60. The molecule has 1 unspecified atom stereocenters. The molecule has 0 aliphatic rings. The lowest BCUT2D eigenvalue weighted by molar-refractivity contribution is 0.105. The number of hydrogen-bond acceptors (Lipinski definition) is 4. The lowest BCUT2D eigenvalue weighted by Gasteiger charge is -2.15. The highest BCUT2D eigenvalue weighted by atomic mass is 35.5. The summed E-state index contributed by atoms with van der Waals surface area (Å²) in [6.07, 6.45) is -0.800. The Bertz CT molecular complexity index is 573. The van der Waals surface area contributed by atoms with E-state index < -0.39 is 6.10 Å². The van der Waals surface area contributed by atoms with Crippen molar-refractivity contribution in [2.75, 3.05) is 24.2 Å². The minimum atomic E-state index is -0.800. The van der Waals surface area contributed by atoms with Gasteiger partial charge >= 0.3 is 0 Å². The van der Waals surface area contributed by atoms with Gasteiger partial charge in [-0.25, -0.2) is 0 Å². The topological polar surface area (TPSA) is 78.5 Å². The van der Waals surface area contributed by atoms with E-state index in [0.717, 1.165) is 16.8 Å². The molecule has 0 saturated heterocycles. The summed E-state index contributed by atoms with van der Waals surface area (Å²) in [5.74, 6) is 0. The van der Waals surface area contributed by atoms with Crippen LogP contribution in [0.5, 0.6) is 0 Å². The third kappa shape index (κ3) is 3.63. The third-order valence-electron chi connectivity index (χ3n) is 2.94. The summed E-state index contributed by atoms with van der Waals surface area (Å²) in [4.78, 5) is 0. The summed E-state index contributed by atoms with van der Waals surface area (Å²) >= 11 is 5.89. The van der Waals surface area contributed by atoms with Crippen molar-refractivity contribution < 1.29 is 10.2 Å². The fourth-order valence-corrected chi connectivity index (χ4v) is 2.00. The van der Waals surface area contributed by atoms with Crippen molar-refractivity contribution in [3.05, 3.63) is 47.5 Å². The second kappa shape index (κ2) is 6.61. The number of aliphatic hydroxyl groups is 2. The van der Waals surface area contributed by atoms with Gasteiger partial charge in [0.2, 0.25) is 0 Å². The number of benzene rings is 2. The molecule has 0 aliphatic carbocycles. The molecule has 0 fully saturated rings. The fraction of sp³-hybridized carbons (Fsp3) is 0.200. The van der Waals surface area contributed by atoms with Crippen LogP contribution < -0.4 is 11.1 Å². The Kier molecular flexibility index (Phi) is 4.84. The van der Waals surface area contributed by atoms with Gasteiger partial charge in [-0.05, 0) is 35.9 Å². The van der Waals surface area contributed by atoms with E-state index in [0.29, 0.717) is 10.7 Å². The molecule has 0 aliphatic heterocycles. The van der Waals surface area contributed by atoms with Gasteiger partial charge in [-0.3, -0.25) is 0 Å². The minimum Gasteiger partial charge on any atom is -0.399 e. The van der Waals surface area contributed by atoms with E-state index in [4.69, 9.17) is 22.4 Å². The van der Waals surface area contributed by atoms with Gasteiger partial charge in [0.05, 0.1) is 12.7 Å². The predicted molar refractivity (Wildman–Crippen MR) is 82.9 cm³/mol. The molecule has 0 spiro atoms. The van der Waals surface area contributed by atoms with Gasteiger partial charge in [-0.2, -0.15) is 0 Å². The fourth-order valence-electron chi connectivity index (χ4n) is 1.88. The molecule has 4 nitrogen and oxygen atoms in total. The Morgan fingerprint density at radius 2 is 1.85 bits per heavy atom. The van der Waals surface area contributed by atoms with Crippen LogP contribution in [0.2, 0.25) is 5.02 Å². The van der Waals surface area contributed by atoms with Crippen LogP contribution in [-0.2, 0) is 0 Å². The normalized spacial score (nSPS) is 12.2. The van der Waals surface area contributed by atoms with Crippen molar-refractivity contribution in [1.82, 2.24) is 0 Å². The number of nitrogen functional groups attached to an aromatic ring is 1. The van der Waals surface area contributed by atoms with Gasteiger partial charge < -0.3 is 21.3 Å². The Morgan fingerprint density at radius 1 is 1.15 bits per heavy atom. The minimum absolute atomic E-state index is 0.265. The second-order valence-electron chi connectivity index (χ2n) is 4.53. The summed E-state index contributed by atoms with van der Waals surface area (Å²) in [6.45, 7) is -0.0146. The van der Waals surface area contributed by atoms with Crippen LogP contribution in [0.1, 0.15) is 0 Å². The van der Waals surface area contributed by atoms with Crippen LogP contribution in [0.4, 0.5) is 11.4 Å². The van der Waals surface area contributed by atoms with Crippen molar-refractivity contribution in [3.63, 3.8) is 0 Å². The van der Waals surface area contributed by atoms with Gasteiger partial charge in [-0.1, -0.05) is 23.7 Å². The smallest absolute Gasteiger partial charge is 0.0942 e. The van der Waals surface area contributed by atoms with Gasteiger partial charge in [-0.15, -0.1) is 0 Å². The molecule has 2 aromatic rings. The first-order valence-electron chi connectivity index (χ1n) is 6.28. The standard InChI is InChI=1S/C15H17ClN2O2/c16-11-3-1-10(2-4-11)14-7-12(17)5-6-15(14)18-8-13(20)9-19/h1-7,13,18-20H,8-9,17H2. The van der Waals surface area contributed by atoms with Crippen LogP contribution in [-0.4, -0.2) is 29.5 Å². The van der Waals surface area contributed by atoms with E-state index in [1.807, 2.05) is 36.4 Å². The molecule has 106 valence electrons. The molecule has 0 amide bonds. The maximum absolute atomic E-state index is 9.42. The average molecular weight is 293 g/mol. The van der Waals surface area contributed by atoms with E-state index in [-0.39, 0.29) is 13.2 Å². The highest BCUT2D eigenvalue weighted by Gasteiger charge is 2.08. The van der Waals surface area contributed by atoms with Crippen molar-refractivity contribution in [3.8, 4) is 11.1 Å². The third-order valence-corrected chi connectivity index (χ3v) is 3.19. The quantitative estimate of drug-likeness (QED) is 0.638. The summed E-state index contributed by atoms with van der Waals surface area (Å²) < 4.78 is 0. The number of rotatable bonds is 5. The Morgan fingerprint density at radius 3 is 2.50 bits per heavy atom. The maximum atomic E-state index is 9.42. The van der Waals surface area contributed by atoms with Crippen LogP contribution >= 0.6 is 11.6 Å². The summed E-state index contributed by atoms with van der Waals surface area (Å²) in [5, 5.41) is 22.0. The predicted octanol–water partition coefficient (Wildman–Crippen LogP) is 2.35. The van der Waals surface area contributed by atoms with Crippen molar-refractivity contribution in [1.29, 1.82) is 0 Å². The molecule has 5 N–H and O–H groups in total. The van der Waals surface area contributed by atoms with Crippen LogP contribution in [0.15, 0.2) is 42.5 Å². The van der Waals surface area contributed by atoms with E-state index >= 15 is 0 Å². The van der Waals surface area contributed by atoms with Gasteiger partial charge in [0.1, 0.15) is 0 Å². The molecule has 0 bridgehead atoms. The lowest BCUT2D eigenvalue weighted by Crippen LogP contribution is -2.23. The molecule has 5 heteroatoms. The van der Waals surface area contributed by atoms with Crippen molar-refractivity contribution >= 4 is 23.0 Å².